The van der Waals surface area contributed by atoms with Crippen molar-refractivity contribution >= 4 is 30.0 Å². The van der Waals surface area contributed by atoms with Gasteiger partial charge in [-0.15, -0.1) is 0 Å². The Morgan fingerprint density at radius 3 is 2.75 bits per heavy atom. The Morgan fingerprint density at radius 1 is 1.75 bits per heavy atom. The van der Waals surface area contributed by atoms with Crippen molar-refractivity contribution in [3.8, 4) is 0 Å². The topological polar surface area (TPSA) is 28.7 Å². The quantitative estimate of drug-likeness (QED) is 0.682. The smallest absolute Gasteiger partial charge is 0.129 e. The summed E-state index contributed by atoms with van der Waals surface area (Å²) < 4.78 is 0. The van der Waals surface area contributed by atoms with Gasteiger partial charge in [0.2, 0.25) is 0 Å². The maximum absolute atomic E-state index is 3.86. The van der Waals surface area contributed by atoms with Crippen LogP contribution in [0.5, 0.6) is 0 Å². The van der Waals surface area contributed by atoms with E-state index in [-0.39, 0.29) is 23.9 Å². The SMILES string of the molecule is C=Cc1ncc[nH]1.[Sn]. The molecule has 0 bridgehead atoms. The zero-order valence-corrected chi connectivity index (χ0v) is 7.24. The van der Waals surface area contributed by atoms with Crippen molar-refractivity contribution in [1.29, 1.82) is 0 Å². The second kappa shape index (κ2) is 3.71. The fourth-order valence-corrected chi connectivity index (χ4v) is 0.389. The van der Waals surface area contributed by atoms with Gasteiger partial charge in [-0.2, -0.15) is 0 Å². The van der Waals surface area contributed by atoms with Gasteiger partial charge in [0.1, 0.15) is 5.82 Å². The van der Waals surface area contributed by atoms with E-state index >= 15 is 0 Å². The molecule has 0 aromatic carbocycles. The van der Waals surface area contributed by atoms with Gasteiger partial charge in [-0.05, 0) is 6.08 Å². The Balaban J connectivity index is 0.000000490. The van der Waals surface area contributed by atoms with E-state index in [2.05, 4.69) is 16.5 Å². The maximum Gasteiger partial charge on any atom is 0.129 e. The molecule has 40 valence electrons. The van der Waals surface area contributed by atoms with Gasteiger partial charge in [-0.1, -0.05) is 6.58 Å². The van der Waals surface area contributed by atoms with Crippen molar-refractivity contribution in [2.24, 2.45) is 0 Å². The van der Waals surface area contributed by atoms with Crippen LogP contribution < -0.4 is 0 Å². The van der Waals surface area contributed by atoms with Crippen molar-refractivity contribution in [2.45, 2.75) is 0 Å². The summed E-state index contributed by atoms with van der Waals surface area (Å²) >= 11 is 0. The number of hydrogen-bond acceptors (Lipinski definition) is 1. The average molecular weight is 213 g/mol. The third kappa shape index (κ3) is 1.69. The molecule has 0 aliphatic heterocycles. The molecule has 0 saturated heterocycles. The van der Waals surface area contributed by atoms with E-state index in [1.807, 2.05) is 0 Å². The monoisotopic (exact) mass is 214 g/mol. The molecule has 1 aromatic rings. The molecule has 0 spiro atoms. The molecule has 0 atom stereocenters. The summed E-state index contributed by atoms with van der Waals surface area (Å²) in [5, 5.41) is 0. The van der Waals surface area contributed by atoms with Crippen LogP contribution in [0, 0.1) is 0 Å². The van der Waals surface area contributed by atoms with E-state index in [9.17, 15) is 0 Å². The number of H-pyrrole nitrogens is 1. The van der Waals surface area contributed by atoms with Crippen molar-refractivity contribution in [3.05, 3.63) is 24.8 Å². The summed E-state index contributed by atoms with van der Waals surface area (Å²) in [6, 6.07) is 0. The molecule has 0 unspecified atom stereocenters. The molecule has 0 fully saturated rings. The van der Waals surface area contributed by atoms with Gasteiger partial charge < -0.3 is 4.98 Å². The Labute approximate surface area is 65.0 Å². The van der Waals surface area contributed by atoms with E-state index in [0.717, 1.165) is 5.82 Å². The molecule has 1 aromatic heterocycles. The summed E-state index contributed by atoms with van der Waals surface area (Å²) in [5.74, 6) is 0.819. The van der Waals surface area contributed by atoms with Gasteiger partial charge in [0.05, 0.1) is 0 Å². The molecule has 4 radical (unpaired) electrons. The van der Waals surface area contributed by atoms with Crippen LogP contribution in [-0.4, -0.2) is 33.9 Å². The minimum atomic E-state index is 0. The number of hydrogen-bond donors (Lipinski definition) is 1. The summed E-state index contributed by atoms with van der Waals surface area (Å²) in [6.07, 6.45) is 5.12. The van der Waals surface area contributed by atoms with Crippen molar-refractivity contribution < 1.29 is 0 Å². The standard InChI is InChI=1S/C5H6N2.Sn/c1-2-5-6-3-4-7-5;/h2-4H,1H2,(H,6,7);. The first-order valence-electron chi connectivity index (χ1n) is 2.05. The van der Waals surface area contributed by atoms with Crippen LogP contribution in [0.15, 0.2) is 19.0 Å². The van der Waals surface area contributed by atoms with Gasteiger partial charge in [0, 0.05) is 36.3 Å². The molecule has 0 saturated carbocycles. The Hall–Kier alpha value is -0.251. The van der Waals surface area contributed by atoms with E-state index in [4.69, 9.17) is 0 Å². The normalized spacial score (nSPS) is 7.50. The zero-order chi connectivity index (χ0) is 5.11. The van der Waals surface area contributed by atoms with Crippen molar-refractivity contribution in [2.75, 3.05) is 0 Å². The molecule has 2 nitrogen and oxygen atoms in total. The van der Waals surface area contributed by atoms with Crippen LogP contribution in [0.25, 0.3) is 6.08 Å². The Morgan fingerprint density at radius 2 is 2.50 bits per heavy atom. The molecular formula is C5H6N2Sn. The molecule has 0 amide bonds. The van der Waals surface area contributed by atoms with Crippen LogP contribution in [0.4, 0.5) is 0 Å². The predicted molar refractivity (Wildman–Crippen MR) is 34.4 cm³/mol. The van der Waals surface area contributed by atoms with E-state index in [0.29, 0.717) is 0 Å². The average Bonchev–Trinajstić information content (AvgIpc) is 2.14. The second-order valence-corrected chi connectivity index (χ2v) is 1.18. The number of rotatable bonds is 1. The maximum atomic E-state index is 3.86. The van der Waals surface area contributed by atoms with E-state index in [1.54, 1.807) is 18.5 Å². The fraction of sp³-hybridized carbons (Fsp3) is 0. The molecule has 0 aliphatic rings. The van der Waals surface area contributed by atoms with Crippen LogP contribution in [0.3, 0.4) is 0 Å². The van der Waals surface area contributed by atoms with Crippen LogP contribution in [0.2, 0.25) is 0 Å². The van der Waals surface area contributed by atoms with Crippen LogP contribution in [-0.2, 0) is 0 Å². The van der Waals surface area contributed by atoms with Gasteiger partial charge >= 0.3 is 0 Å². The second-order valence-electron chi connectivity index (χ2n) is 1.18. The van der Waals surface area contributed by atoms with Gasteiger partial charge in [-0.3, -0.25) is 0 Å². The van der Waals surface area contributed by atoms with Crippen LogP contribution >= 0.6 is 0 Å². The van der Waals surface area contributed by atoms with E-state index in [1.165, 1.54) is 0 Å². The first-order valence-corrected chi connectivity index (χ1v) is 2.05. The molecule has 8 heavy (non-hydrogen) atoms. The molecule has 1 N–H and O–H groups in total. The van der Waals surface area contributed by atoms with Gasteiger partial charge in [0.25, 0.3) is 0 Å². The summed E-state index contributed by atoms with van der Waals surface area (Å²) in [6.45, 7) is 3.51. The minimum Gasteiger partial charge on any atom is -0.345 e. The summed E-state index contributed by atoms with van der Waals surface area (Å²) in [5.41, 5.74) is 0. The first-order chi connectivity index (χ1) is 3.43. The third-order valence-corrected chi connectivity index (χ3v) is 0.713. The number of aromatic amines is 1. The van der Waals surface area contributed by atoms with Crippen LogP contribution in [0.1, 0.15) is 5.82 Å². The van der Waals surface area contributed by atoms with Crippen molar-refractivity contribution in [3.63, 3.8) is 0 Å². The Bertz CT molecular complexity index is 145. The molecule has 1 rings (SSSR count). The van der Waals surface area contributed by atoms with E-state index < -0.39 is 0 Å². The largest absolute Gasteiger partial charge is 0.345 e. The molecular weight excluding hydrogens is 207 g/mol. The van der Waals surface area contributed by atoms with Gasteiger partial charge in [0.15, 0.2) is 0 Å². The first kappa shape index (κ1) is 7.75. The predicted octanol–water partition coefficient (Wildman–Crippen LogP) is 0.672. The summed E-state index contributed by atoms with van der Waals surface area (Å²) in [7, 11) is 0. The number of nitrogens with zero attached hydrogens (tertiary/aromatic N) is 1. The third-order valence-electron chi connectivity index (χ3n) is 0.713. The summed E-state index contributed by atoms with van der Waals surface area (Å²) in [4.78, 5) is 6.72. The molecule has 3 heteroatoms. The molecule has 1 heterocycles. The minimum absolute atomic E-state index is 0. The molecule has 0 aliphatic carbocycles. The zero-order valence-electron chi connectivity index (χ0n) is 4.39. The Kier molecular flexibility index (Phi) is 3.60. The van der Waals surface area contributed by atoms with Gasteiger partial charge in [-0.25, -0.2) is 4.98 Å². The van der Waals surface area contributed by atoms with Crippen molar-refractivity contribution in [1.82, 2.24) is 9.97 Å². The number of nitrogens with one attached hydrogen (secondary N) is 1. The fourth-order valence-electron chi connectivity index (χ4n) is 0.389. The number of imidazole rings is 1. The number of aromatic nitrogens is 2.